The number of hydrogen-bond acceptors (Lipinski definition) is 2. The molecule has 0 fully saturated rings. The van der Waals surface area contributed by atoms with Crippen molar-refractivity contribution in [2.75, 3.05) is 13.6 Å². The second-order valence-electron chi connectivity index (χ2n) is 5.41. The van der Waals surface area contributed by atoms with E-state index in [4.69, 9.17) is 0 Å². The van der Waals surface area contributed by atoms with E-state index in [9.17, 15) is 4.39 Å². The number of nitrogens with one attached hydrogen (secondary N) is 1. The van der Waals surface area contributed by atoms with Crippen molar-refractivity contribution in [3.8, 4) is 0 Å². The Labute approximate surface area is 117 Å². The van der Waals surface area contributed by atoms with Gasteiger partial charge in [-0.3, -0.25) is 4.90 Å². The summed E-state index contributed by atoms with van der Waals surface area (Å²) in [5.41, 5.74) is 0.771. The second-order valence-corrected chi connectivity index (χ2v) is 5.41. The van der Waals surface area contributed by atoms with Crippen molar-refractivity contribution in [3.63, 3.8) is 0 Å². The third-order valence-corrected chi connectivity index (χ3v) is 3.91. The highest BCUT2D eigenvalue weighted by Gasteiger charge is 2.20. The van der Waals surface area contributed by atoms with Gasteiger partial charge in [0.2, 0.25) is 0 Å². The van der Waals surface area contributed by atoms with Gasteiger partial charge in [0.25, 0.3) is 0 Å². The summed E-state index contributed by atoms with van der Waals surface area (Å²) < 4.78 is 13.8. The first-order valence-electron chi connectivity index (χ1n) is 7.17. The fourth-order valence-electron chi connectivity index (χ4n) is 2.52. The van der Waals surface area contributed by atoms with Crippen molar-refractivity contribution in [3.05, 3.63) is 35.6 Å². The van der Waals surface area contributed by atoms with E-state index >= 15 is 0 Å². The Bertz CT molecular complexity index is 381. The Hall–Kier alpha value is -0.930. The third kappa shape index (κ3) is 4.59. The summed E-state index contributed by atoms with van der Waals surface area (Å²) in [4.78, 5) is 2.24. The Morgan fingerprint density at radius 2 is 1.84 bits per heavy atom. The van der Waals surface area contributed by atoms with E-state index in [-0.39, 0.29) is 11.9 Å². The molecule has 0 saturated heterocycles. The Kier molecular flexibility index (Phi) is 6.46. The summed E-state index contributed by atoms with van der Waals surface area (Å²) in [6.45, 7) is 9.56. The summed E-state index contributed by atoms with van der Waals surface area (Å²) in [7, 11) is 2.07. The lowest BCUT2D eigenvalue weighted by molar-refractivity contribution is 0.175. The standard InChI is InChI=1S/C16H27FN2/c1-6-18-12(2)11-13(3)19(5)14(4)15-9-7-8-10-16(15)17/h7-10,12-14,18H,6,11H2,1-5H3. The quantitative estimate of drug-likeness (QED) is 0.811. The van der Waals surface area contributed by atoms with Gasteiger partial charge in [-0.2, -0.15) is 0 Å². The molecule has 1 aromatic carbocycles. The molecule has 0 saturated carbocycles. The van der Waals surface area contributed by atoms with E-state index in [1.54, 1.807) is 6.07 Å². The molecule has 1 N–H and O–H groups in total. The number of benzene rings is 1. The molecule has 108 valence electrons. The van der Waals surface area contributed by atoms with E-state index in [0.29, 0.717) is 12.1 Å². The normalized spacial score (nSPS) is 16.4. The zero-order valence-corrected chi connectivity index (χ0v) is 12.8. The molecule has 0 aliphatic rings. The van der Waals surface area contributed by atoms with Gasteiger partial charge in [0.1, 0.15) is 5.82 Å². The number of hydrogen-bond donors (Lipinski definition) is 1. The van der Waals surface area contributed by atoms with Gasteiger partial charge in [0.05, 0.1) is 0 Å². The van der Waals surface area contributed by atoms with Gasteiger partial charge in [0, 0.05) is 23.7 Å². The minimum absolute atomic E-state index is 0.0880. The summed E-state index contributed by atoms with van der Waals surface area (Å²) in [5, 5.41) is 3.42. The van der Waals surface area contributed by atoms with Crippen LogP contribution in [-0.4, -0.2) is 30.6 Å². The van der Waals surface area contributed by atoms with Gasteiger partial charge in [-0.25, -0.2) is 4.39 Å². The Morgan fingerprint density at radius 3 is 2.42 bits per heavy atom. The summed E-state index contributed by atoms with van der Waals surface area (Å²) in [5.74, 6) is -0.117. The Morgan fingerprint density at radius 1 is 1.21 bits per heavy atom. The number of nitrogens with zero attached hydrogens (tertiary/aromatic N) is 1. The first kappa shape index (κ1) is 16.1. The van der Waals surface area contributed by atoms with Gasteiger partial charge >= 0.3 is 0 Å². The zero-order chi connectivity index (χ0) is 14.4. The van der Waals surface area contributed by atoms with Gasteiger partial charge in [-0.1, -0.05) is 25.1 Å². The van der Waals surface area contributed by atoms with Gasteiger partial charge < -0.3 is 5.32 Å². The van der Waals surface area contributed by atoms with Crippen LogP contribution in [0.4, 0.5) is 4.39 Å². The first-order chi connectivity index (χ1) is 8.97. The van der Waals surface area contributed by atoms with Gasteiger partial charge in [-0.05, 0) is 46.9 Å². The molecule has 0 spiro atoms. The van der Waals surface area contributed by atoms with Crippen molar-refractivity contribution in [1.82, 2.24) is 10.2 Å². The van der Waals surface area contributed by atoms with Crippen molar-refractivity contribution in [1.29, 1.82) is 0 Å². The van der Waals surface area contributed by atoms with E-state index in [1.165, 1.54) is 6.07 Å². The monoisotopic (exact) mass is 266 g/mol. The highest BCUT2D eigenvalue weighted by Crippen LogP contribution is 2.24. The first-order valence-corrected chi connectivity index (χ1v) is 7.17. The van der Waals surface area contributed by atoms with Crippen LogP contribution in [0, 0.1) is 5.82 Å². The Balaban J connectivity index is 2.66. The third-order valence-electron chi connectivity index (χ3n) is 3.91. The molecule has 1 rings (SSSR count). The molecule has 0 bridgehead atoms. The number of rotatable bonds is 7. The highest BCUT2D eigenvalue weighted by atomic mass is 19.1. The molecule has 3 heteroatoms. The average Bonchev–Trinajstić information content (AvgIpc) is 2.37. The second kappa shape index (κ2) is 7.61. The van der Waals surface area contributed by atoms with Crippen LogP contribution in [-0.2, 0) is 0 Å². The predicted molar refractivity (Wildman–Crippen MR) is 79.8 cm³/mol. The summed E-state index contributed by atoms with van der Waals surface area (Å²) >= 11 is 0. The maximum atomic E-state index is 13.8. The molecule has 0 heterocycles. The SMILES string of the molecule is CCNC(C)CC(C)N(C)C(C)c1ccccc1F. The maximum absolute atomic E-state index is 13.8. The molecule has 0 aliphatic carbocycles. The van der Waals surface area contributed by atoms with Crippen LogP contribution >= 0.6 is 0 Å². The zero-order valence-electron chi connectivity index (χ0n) is 12.8. The molecule has 2 nitrogen and oxygen atoms in total. The molecule has 0 radical (unpaired) electrons. The van der Waals surface area contributed by atoms with Crippen molar-refractivity contribution < 1.29 is 4.39 Å². The van der Waals surface area contributed by atoms with Crippen LogP contribution < -0.4 is 5.32 Å². The van der Waals surface area contributed by atoms with Crippen LogP contribution in [0.3, 0.4) is 0 Å². The lowest BCUT2D eigenvalue weighted by Gasteiger charge is -2.33. The maximum Gasteiger partial charge on any atom is 0.127 e. The number of halogens is 1. The van der Waals surface area contributed by atoms with Crippen molar-refractivity contribution >= 4 is 0 Å². The lowest BCUT2D eigenvalue weighted by atomic mass is 10.0. The smallest absolute Gasteiger partial charge is 0.127 e. The van der Waals surface area contributed by atoms with Crippen LogP contribution in [0.2, 0.25) is 0 Å². The van der Waals surface area contributed by atoms with Crippen LogP contribution in [0.5, 0.6) is 0 Å². The van der Waals surface area contributed by atoms with Gasteiger partial charge in [-0.15, -0.1) is 0 Å². The molecular formula is C16H27FN2. The summed E-state index contributed by atoms with van der Waals surface area (Å²) in [6.07, 6.45) is 1.06. The fraction of sp³-hybridized carbons (Fsp3) is 0.625. The van der Waals surface area contributed by atoms with E-state index in [1.807, 2.05) is 12.1 Å². The molecular weight excluding hydrogens is 239 g/mol. The largest absolute Gasteiger partial charge is 0.314 e. The van der Waals surface area contributed by atoms with Gasteiger partial charge in [0.15, 0.2) is 0 Å². The molecule has 19 heavy (non-hydrogen) atoms. The molecule has 0 amide bonds. The van der Waals surface area contributed by atoms with Crippen molar-refractivity contribution in [2.45, 2.75) is 52.2 Å². The molecule has 0 aliphatic heterocycles. The molecule has 0 aromatic heterocycles. The van der Waals surface area contributed by atoms with Crippen LogP contribution in [0.25, 0.3) is 0 Å². The minimum Gasteiger partial charge on any atom is -0.314 e. The van der Waals surface area contributed by atoms with E-state index in [2.05, 4.69) is 45.0 Å². The lowest BCUT2D eigenvalue weighted by Crippen LogP contribution is -2.38. The predicted octanol–water partition coefficient (Wildman–Crippen LogP) is 3.60. The fourth-order valence-corrected chi connectivity index (χ4v) is 2.52. The molecule has 1 aromatic rings. The van der Waals surface area contributed by atoms with E-state index in [0.717, 1.165) is 18.5 Å². The summed E-state index contributed by atoms with van der Waals surface area (Å²) in [6, 6.07) is 8.02. The molecule has 3 unspecified atom stereocenters. The minimum atomic E-state index is -0.117. The molecule has 3 atom stereocenters. The van der Waals surface area contributed by atoms with E-state index < -0.39 is 0 Å². The van der Waals surface area contributed by atoms with Crippen LogP contribution in [0.1, 0.15) is 45.7 Å². The van der Waals surface area contributed by atoms with Crippen molar-refractivity contribution in [2.24, 2.45) is 0 Å². The van der Waals surface area contributed by atoms with Crippen LogP contribution in [0.15, 0.2) is 24.3 Å². The topological polar surface area (TPSA) is 15.3 Å². The highest BCUT2D eigenvalue weighted by molar-refractivity contribution is 5.20. The average molecular weight is 266 g/mol.